The summed E-state index contributed by atoms with van der Waals surface area (Å²) in [6.45, 7) is 0. The molecule has 0 aliphatic carbocycles. The number of aromatic nitrogens is 7. The lowest BCUT2D eigenvalue weighted by molar-refractivity contribution is 0.953. The molecule has 0 aliphatic rings. The van der Waals surface area contributed by atoms with Crippen molar-refractivity contribution in [2.75, 3.05) is 0 Å². The maximum Gasteiger partial charge on any atom is 0.238 e. The van der Waals surface area contributed by atoms with E-state index in [1.807, 2.05) is 48.5 Å². The highest BCUT2D eigenvalue weighted by molar-refractivity contribution is 6.10. The molecule has 0 unspecified atom stereocenters. The van der Waals surface area contributed by atoms with Crippen LogP contribution in [0.4, 0.5) is 0 Å². The molecule has 0 amide bonds. The Labute approximate surface area is 356 Å². The van der Waals surface area contributed by atoms with Gasteiger partial charge in [0, 0.05) is 49.9 Å². The molecule has 0 aliphatic heterocycles. The van der Waals surface area contributed by atoms with E-state index in [0.29, 0.717) is 23.4 Å². The quantitative estimate of drug-likeness (QED) is 0.161. The van der Waals surface area contributed by atoms with E-state index in [-0.39, 0.29) is 0 Å². The van der Waals surface area contributed by atoms with Crippen LogP contribution in [0.15, 0.2) is 212 Å². The van der Waals surface area contributed by atoms with Gasteiger partial charge in [-0.15, -0.1) is 0 Å². The van der Waals surface area contributed by atoms with Crippen LogP contribution < -0.4 is 0 Å². The van der Waals surface area contributed by atoms with Gasteiger partial charge in [0.15, 0.2) is 17.5 Å². The van der Waals surface area contributed by atoms with Gasteiger partial charge >= 0.3 is 0 Å². The Kier molecular flexibility index (Phi) is 8.35. The molecule has 0 atom stereocenters. The van der Waals surface area contributed by atoms with Crippen LogP contribution in [-0.4, -0.2) is 34.1 Å². The third-order valence-corrected chi connectivity index (χ3v) is 11.6. The number of para-hydroxylation sites is 4. The summed E-state index contributed by atoms with van der Waals surface area (Å²) >= 11 is 0. The second-order valence-corrected chi connectivity index (χ2v) is 15.4. The zero-order valence-corrected chi connectivity index (χ0v) is 33.3. The second-order valence-electron chi connectivity index (χ2n) is 15.4. The molecule has 4 heterocycles. The summed E-state index contributed by atoms with van der Waals surface area (Å²) in [5, 5.41) is 4.66. The van der Waals surface area contributed by atoms with Gasteiger partial charge < -0.3 is 0 Å². The first-order chi connectivity index (χ1) is 30.7. The summed E-state index contributed by atoms with van der Waals surface area (Å²) in [5.74, 6) is 3.20. The van der Waals surface area contributed by atoms with E-state index in [2.05, 4.69) is 173 Å². The van der Waals surface area contributed by atoms with Crippen LogP contribution in [0.1, 0.15) is 0 Å². The first-order valence-corrected chi connectivity index (χ1v) is 20.7. The molecule has 12 rings (SSSR count). The lowest BCUT2D eigenvalue weighted by atomic mass is 10.0. The maximum atomic E-state index is 5.31. The van der Waals surface area contributed by atoms with E-state index in [1.165, 1.54) is 10.8 Å². The highest BCUT2D eigenvalue weighted by Gasteiger charge is 2.19. The summed E-state index contributed by atoms with van der Waals surface area (Å²) in [4.78, 5) is 25.9. The van der Waals surface area contributed by atoms with Crippen molar-refractivity contribution in [1.29, 1.82) is 0 Å². The second kappa shape index (κ2) is 14.6. The molecular formula is C55H35N7. The molecule has 0 saturated heterocycles. The fourth-order valence-electron chi connectivity index (χ4n) is 8.73. The predicted octanol–water partition coefficient (Wildman–Crippen LogP) is 13.2. The van der Waals surface area contributed by atoms with Crippen LogP contribution in [0.2, 0.25) is 0 Å². The molecule has 0 spiro atoms. The number of rotatable bonds is 7. The van der Waals surface area contributed by atoms with Crippen molar-refractivity contribution in [3.63, 3.8) is 0 Å². The molecule has 7 nitrogen and oxygen atoms in total. The molecule has 0 N–H and O–H groups in total. The SMILES string of the molecule is c1ccc(-c2cc(-n3c4ccccc4c4ccccc43)nc(-c3cccc(-c4cccc(-c5nc(-c6ccccc6)nc(-n6c7ccccc7c7ccccc76)n5)c4)c3)n2)cc1. The van der Waals surface area contributed by atoms with Crippen LogP contribution in [0.5, 0.6) is 0 Å². The van der Waals surface area contributed by atoms with Gasteiger partial charge in [0.1, 0.15) is 5.82 Å². The Morgan fingerprint density at radius 1 is 0.258 bits per heavy atom. The molecule has 62 heavy (non-hydrogen) atoms. The average Bonchev–Trinajstić information content (AvgIpc) is 3.88. The van der Waals surface area contributed by atoms with Crippen molar-refractivity contribution in [2.24, 2.45) is 0 Å². The lowest BCUT2D eigenvalue weighted by Crippen LogP contribution is -2.06. The van der Waals surface area contributed by atoms with Gasteiger partial charge in [-0.05, 0) is 47.5 Å². The molecule has 0 fully saturated rings. The highest BCUT2D eigenvalue weighted by atomic mass is 15.2. The maximum absolute atomic E-state index is 5.31. The minimum absolute atomic E-state index is 0.563. The zero-order valence-electron chi connectivity index (χ0n) is 33.3. The molecule has 0 saturated carbocycles. The third-order valence-electron chi connectivity index (χ3n) is 11.6. The highest BCUT2D eigenvalue weighted by Crippen LogP contribution is 2.36. The Balaban J connectivity index is 0.996. The normalized spacial score (nSPS) is 11.5. The molecule has 7 heteroatoms. The number of hydrogen-bond acceptors (Lipinski definition) is 5. The zero-order chi connectivity index (χ0) is 41.0. The smallest absolute Gasteiger partial charge is 0.238 e. The summed E-state index contributed by atoms with van der Waals surface area (Å²) < 4.78 is 4.40. The molecular weight excluding hydrogens is 759 g/mol. The summed E-state index contributed by atoms with van der Waals surface area (Å²) in [5.41, 5.74) is 10.9. The van der Waals surface area contributed by atoms with Crippen molar-refractivity contribution < 1.29 is 0 Å². The Morgan fingerprint density at radius 3 is 1.16 bits per heavy atom. The number of nitrogens with zero attached hydrogens (tertiary/aromatic N) is 7. The van der Waals surface area contributed by atoms with E-state index in [1.54, 1.807) is 0 Å². The van der Waals surface area contributed by atoms with Gasteiger partial charge in [0.25, 0.3) is 0 Å². The Bertz CT molecular complexity index is 3300. The first kappa shape index (κ1) is 35.4. The summed E-state index contributed by atoms with van der Waals surface area (Å²) in [7, 11) is 0. The average molecular weight is 794 g/mol. The van der Waals surface area contributed by atoms with Crippen LogP contribution in [0, 0.1) is 0 Å². The van der Waals surface area contributed by atoms with Crippen LogP contribution in [0.3, 0.4) is 0 Å². The van der Waals surface area contributed by atoms with Gasteiger partial charge in [-0.2, -0.15) is 9.97 Å². The standard InChI is InChI=1S/C55H35N7/c1-3-17-36(18-4-1)46-35-51(61-47-29-11-7-25-42(47)43-26-8-12-30-48(43)61)57-53(56-46)40-23-15-21-38(33-40)39-22-16-24-41(34-39)54-58-52(37-19-5-2-6-20-37)59-55(60-54)62-49-31-13-9-27-44(49)45-28-10-14-32-50(45)62/h1-35H. The van der Waals surface area contributed by atoms with Gasteiger partial charge in [-0.25, -0.2) is 15.0 Å². The third kappa shape index (κ3) is 6.02. The molecule has 0 bridgehead atoms. The van der Waals surface area contributed by atoms with Gasteiger partial charge in [-0.3, -0.25) is 9.13 Å². The van der Waals surface area contributed by atoms with Crippen molar-refractivity contribution in [2.45, 2.75) is 0 Å². The fraction of sp³-hybridized carbons (Fsp3) is 0. The van der Waals surface area contributed by atoms with E-state index in [4.69, 9.17) is 24.9 Å². The van der Waals surface area contributed by atoms with E-state index >= 15 is 0 Å². The summed E-state index contributed by atoms with van der Waals surface area (Å²) in [6.07, 6.45) is 0. The van der Waals surface area contributed by atoms with E-state index in [0.717, 1.165) is 77.7 Å². The van der Waals surface area contributed by atoms with Crippen LogP contribution in [0.25, 0.3) is 112 Å². The molecule has 12 aromatic rings. The van der Waals surface area contributed by atoms with Crippen LogP contribution >= 0.6 is 0 Å². The topological polar surface area (TPSA) is 74.3 Å². The van der Waals surface area contributed by atoms with E-state index in [9.17, 15) is 0 Å². The first-order valence-electron chi connectivity index (χ1n) is 20.7. The Morgan fingerprint density at radius 2 is 0.645 bits per heavy atom. The molecule has 8 aromatic carbocycles. The van der Waals surface area contributed by atoms with Crippen molar-refractivity contribution in [1.82, 2.24) is 34.1 Å². The molecule has 290 valence electrons. The minimum Gasteiger partial charge on any atom is -0.294 e. The largest absolute Gasteiger partial charge is 0.294 e. The van der Waals surface area contributed by atoms with Crippen molar-refractivity contribution in [3.8, 4) is 68.3 Å². The van der Waals surface area contributed by atoms with Crippen molar-refractivity contribution in [3.05, 3.63) is 212 Å². The minimum atomic E-state index is 0.563. The number of hydrogen-bond donors (Lipinski definition) is 0. The lowest BCUT2D eigenvalue weighted by Gasteiger charge is -2.13. The van der Waals surface area contributed by atoms with E-state index < -0.39 is 0 Å². The molecule has 4 aromatic heterocycles. The summed E-state index contributed by atoms with van der Waals surface area (Å²) in [6, 6.07) is 73.2. The van der Waals surface area contributed by atoms with Gasteiger partial charge in [0.05, 0.1) is 27.8 Å². The number of fused-ring (bicyclic) bond motifs is 6. The molecule has 0 radical (unpaired) electrons. The van der Waals surface area contributed by atoms with Crippen LogP contribution in [-0.2, 0) is 0 Å². The van der Waals surface area contributed by atoms with Gasteiger partial charge in [0.2, 0.25) is 5.95 Å². The number of benzene rings is 8. The van der Waals surface area contributed by atoms with Gasteiger partial charge in [-0.1, -0.05) is 170 Å². The monoisotopic (exact) mass is 793 g/mol. The van der Waals surface area contributed by atoms with Crippen molar-refractivity contribution >= 4 is 43.6 Å². The fourth-order valence-corrected chi connectivity index (χ4v) is 8.73. The Hall–Kier alpha value is -8.55. The predicted molar refractivity (Wildman–Crippen MR) is 251 cm³/mol.